The number of nitrogens with two attached hydrogens (primary N) is 1. The molecule has 15 heavy (non-hydrogen) atoms. The first-order valence-electron chi connectivity index (χ1n) is 5.37. The molecule has 0 bridgehead atoms. The molecule has 1 aromatic heterocycles. The van der Waals surface area contributed by atoms with Crippen LogP contribution in [0.5, 0.6) is 0 Å². The van der Waals surface area contributed by atoms with E-state index in [0.29, 0.717) is 17.6 Å². The number of hydrogen-bond donors (Lipinski definition) is 3. The van der Waals surface area contributed by atoms with Gasteiger partial charge in [0.25, 0.3) is 0 Å². The molecule has 0 saturated heterocycles. The Hall–Kier alpha value is -1.23. The van der Waals surface area contributed by atoms with E-state index in [2.05, 4.69) is 10.4 Å². The lowest BCUT2D eigenvalue weighted by molar-refractivity contribution is 0.222. The lowest BCUT2D eigenvalue weighted by Gasteiger charge is -2.18. The zero-order valence-corrected chi connectivity index (χ0v) is 8.98. The molecule has 5 nitrogen and oxygen atoms in total. The van der Waals surface area contributed by atoms with Crippen molar-refractivity contribution in [1.82, 2.24) is 9.78 Å². The number of nitrogen functional groups attached to an aromatic ring is 1. The maximum Gasteiger partial charge on any atom is 0.171 e. The van der Waals surface area contributed by atoms with Crippen LogP contribution in [0.1, 0.15) is 19.3 Å². The molecule has 4 N–H and O–H groups in total. The van der Waals surface area contributed by atoms with Crippen molar-refractivity contribution in [3.8, 4) is 0 Å². The molecule has 5 heteroatoms. The van der Waals surface area contributed by atoms with Gasteiger partial charge in [-0.15, -0.1) is 0 Å². The Morgan fingerprint density at radius 2 is 2.47 bits per heavy atom. The highest BCUT2D eigenvalue weighted by Gasteiger charge is 2.27. The first-order chi connectivity index (χ1) is 7.20. The van der Waals surface area contributed by atoms with Crippen LogP contribution in [0.4, 0.5) is 11.5 Å². The van der Waals surface area contributed by atoms with Crippen molar-refractivity contribution in [1.29, 1.82) is 0 Å². The molecule has 0 radical (unpaired) electrons. The van der Waals surface area contributed by atoms with E-state index in [-0.39, 0.29) is 6.61 Å². The lowest BCUT2D eigenvalue weighted by Crippen LogP contribution is -2.26. The number of aliphatic hydroxyl groups excluding tert-OH is 1. The van der Waals surface area contributed by atoms with Gasteiger partial charge in [-0.1, -0.05) is 6.42 Å². The summed E-state index contributed by atoms with van der Waals surface area (Å²) in [5.41, 5.74) is 6.47. The van der Waals surface area contributed by atoms with Gasteiger partial charge in [-0.05, 0) is 12.8 Å². The smallest absolute Gasteiger partial charge is 0.171 e. The van der Waals surface area contributed by atoms with Gasteiger partial charge in [-0.2, -0.15) is 5.10 Å². The Morgan fingerprint density at radius 1 is 1.67 bits per heavy atom. The summed E-state index contributed by atoms with van der Waals surface area (Å²) >= 11 is 0. The number of rotatable bonds is 3. The second-order valence-electron chi connectivity index (χ2n) is 4.23. The third-order valence-corrected chi connectivity index (χ3v) is 3.07. The average molecular weight is 210 g/mol. The largest absolute Gasteiger partial charge is 0.396 e. The molecule has 0 aliphatic heterocycles. The zero-order valence-electron chi connectivity index (χ0n) is 8.98. The zero-order chi connectivity index (χ0) is 10.8. The minimum absolute atomic E-state index is 0.240. The van der Waals surface area contributed by atoms with Crippen molar-refractivity contribution >= 4 is 11.5 Å². The van der Waals surface area contributed by atoms with Crippen LogP contribution in [-0.2, 0) is 7.05 Å². The minimum Gasteiger partial charge on any atom is -0.396 e. The van der Waals surface area contributed by atoms with E-state index in [1.165, 1.54) is 0 Å². The SMILES string of the molecule is Cn1cc(N)c(NC2CCCC2CO)n1. The van der Waals surface area contributed by atoms with Gasteiger partial charge in [0, 0.05) is 31.8 Å². The van der Waals surface area contributed by atoms with Gasteiger partial charge >= 0.3 is 0 Å². The normalized spacial score (nSPS) is 25.7. The van der Waals surface area contributed by atoms with Crippen molar-refractivity contribution < 1.29 is 5.11 Å². The first-order valence-corrected chi connectivity index (χ1v) is 5.37. The quantitative estimate of drug-likeness (QED) is 0.682. The van der Waals surface area contributed by atoms with E-state index < -0.39 is 0 Å². The molecule has 1 aliphatic rings. The Bertz CT molecular complexity index is 336. The molecule has 0 amide bonds. The summed E-state index contributed by atoms with van der Waals surface area (Å²) in [6, 6.07) is 0.312. The standard InChI is InChI=1S/C10H18N4O/c1-14-5-8(11)10(13-14)12-9-4-2-3-7(9)6-15/h5,7,9,15H,2-4,6,11H2,1H3,(H,12,13). The van der Waals surface area contributed by atoms with Crippen LogP contribution in [0.2, 0.25) is 0 Å². The maximum atomic E-state index is 9.19. The Kier molecular flexibility index (Phi) is 2.81. The fourth-order valence-corrected chi connectivity index (χ4v) is 2.24. The third kappa shape index (κ3) is 2.07. The number of nitrogens with zero attached hydrogens (tertiary/aromatic N) is 2. The number of aliphatic hydroxyl groups is 1. The number of aryl methyl sites for hydroxylation is 1. The van der Waals surface area contributed by atoms with Crippen molar-refractivity contribution in [2.75, 3.05) is 17.7 Å². The van der Waals surface area contributed by atoms with E-state index >= 15 is 0 Å². The summed E-state index contributed by atoms with van der Waals surface area (Å²) < 4.78 is 1.70. The first kappa shape index (κ1) is 10.3. The van der Waals surface area contributed by atoms with Crippen molar-refractivity contribution in [3.63, 3.8) is 0 Å². The van der Waals surface area contributed by atoms with Crippen molar-refractivity contribution in [3.05, 3.63) is 6.20 Å². The molecule has 1 fully saturated rings. The van der Waals surface area contributed by atoms with Gasteiger partial charge in [0.2, 0.25) is 0 Å². The van der Waals surface area contributed by atoms with Crippen molar-refractivity contribution in [2.24, 2.45) is 13.0 Å². The van der Waals surface area contributed by atoms with Crippen LogP contribution < -0.4 is 11.1 Å². The number of aromatic nitrogens is 2. The second-order valence-corrected chi connectivity index (χ2v) is 4.23. The molecule has 1 aliphatic carbocycles. The minimum atomic E-state index is 0.240. The molecule has 0 aromatic carbocycles. The van der Waals surface area contributed by atoms with Crippen LogP contribution in [0.25, 0.3) is 0 Å². The molecule has 2 unspecified atom stereocenters. The van der Waals surface area contributed by atoms with Crippen LogP contribution in [0.15, 0.2) is 6.20 Å². The molecule has 1 heterocycles. The molecular formula is C10H18N4O. The van der Waals surface area contributed by atoms with Crippen molar-refractivity contribution in [2.45, 2.75) is 25.3 Å². The molecule has 2 atom stereocenters. The average Bonchev–Trinajstić information content (AvgIpc) is 2.74. The highest BCUT2D eigenvalue weighted by Crippen LogP contribution is 2.29. The summed E-state index contributed by atoms with van der Waals surface area (Å²) in [6.07, 6.45) is 5.11. The Labute approximate surface area is 89.3 Å². The van der Waals surface area contributed by atoms with Gasteiger partial charge in [-0.25, -0.2) is 0 Å². The van der Waals surface area contributed by atoms with E-state index in [4.69, 9.17) is 5.73 Å². The van der Waals surface area contributed by atoms with E-state index in [1.54, 1.807) is 10.9 Å². The number of anilines is 2. The molecule has 1 saturated carbocycles. The molecule has 84 valence electrons. The van der Waals surface area contributed by atoms with Gasteiger partial charge < -0.3 is 16.2 Å². The summed E-state index contributed by atoms with van der Waals surface area (Å²) in [5, 5.41) is 16.7. The van der Waals surface area contributed by atoms with E-state index in [0.717, 1.165) is 25.1 Å². The van der Waals surface area contributed by atoms with Crippen LogP contribution >= 0.6 is 0 Å². The monoisotopic (exact) mass is 210 g/mol. The van der Waals surface area contributed by atoms with Gasteiger partial charge in [0.1, 0.15) is 0 Å². The van der Waals surface area contributed by atoms with Gasteiger partial charge in [-0.3, -0.25) is 4.68 Å². The van der Waals surface area contributed by atoms with Gasteiger partial charge in [0.15, 0.2) is 5.82 Å². The van der Waals surface area contributed by atoms with E-state index in [1.807, 2.05) is 7.05 Å². The molecule has 2 rings (SSSR count). The molecule has 0 spiro atoms. The van der Waals surface area contributed by atoms with E-state index in [9.17, 15) is 5.11 Å². The van der Waals surface area contributed by atoms with Crippen LogP contribution in [0.3, 0.4) is 0 Å². The summed E-state index contributed by atoms with van der Waals surface area (Å²) in [7, 11) is 1.85. The summed E-state index contributed by atoms with van der Waals surface area (Å²) in [4.78, 5) is 0. The van der Waals surface area contributed by atoms with Crippen LogP contribution in [-0.4, -0.2) is 27.5 Å². The lowest BCUT2D eigenvalue weighted by atomic mass is 10.1. The molecule has 1 aromatic rings. The number of hydrogen-bond acceptors (Lipinski definition) is 4. The topological polar surface area (TPSA) is 76.1 Å². The Morgan fingerprint density at radius 3 is 3.07 bits per heavy atom. The fraction of sp³-hybridized carbons (Fsp3) is 0.700. The highest BCUT2D eigenvalue weighted by atomic mass is 16.3. The summed E-state index contributed by atoms with van der Waals surface area (Å²) in [6.45, 7) is 0.240. The summed E-state index contributed by atoms with van der Waals surface area (Å²) in [5.74, 6) is 1.08. The van der Waals surface area contributed by atoms with Crippen LogP contribution in [0, 0.1) is 5.92 Å². The van der Waals surface area contributed by atoms with Gasteiger partial charge in [0.05, 0.1) is 5.69 Å². The Balaban J connectivity index is 2.05. The maximum absolute atomic E-state index is 9.19. The predicted octanol–water partition coefficient (Wildman–Crippen LogP) is 0.575. The second kappa shape index (κ2) is 4.10. The fourth-order valence-electron chi connectivity index (χ4n) is 2.24. The third-order valence-electron chi connectivity index (χ3n) is 3.07. The predicted molar refractivity (Wildman–Crippen MR) is 59.5 cm³/mol. The number of nitrogens with one attached hydrogen (secondary N) is 1. The highest BCUT2D eigenvalue weighted by molar-refractivity contribution is 5.60. The molecular weight excluding hydrogens is 192 g/mol.